The summed E-state index contributed by atoms with van der Waals surface area (Å²) in [5.74, 6) is 0.796. The van der Waals surface area contributed by atoms with Gasteiger partial charge in [0.25, 0.3) is 5.69 Å². The second-order valence-corrected chi connectivity index (χ2v) is 5.19. The Bertz CT molecular complexity index is 462. The quantitative estimate of drug-likeness (QED) is 0.516. The largest absolute Gasteiger partial charge is 0.397 e. The second kappa shape index (κ2) is 5.91. The molecule has 0 saturated carbocycles. The topological polar surface area (TPSA) is 72.4 Å². The van der Waals surface area contributed by atoms with Crippen molar-refractivity contribution in [2.75, 3.05) is 23.7 Å². The minimum Gasteiger partial charge on any atom is -0.397 e. The van der Waals surface area contributed by atoms with Gasteiger partial charge in [-0.1, -0.05) is 13.3 Å². The summed E-state index contributed by atoms with van der Waals surface area (Å²) in [6, 6.07) is 4.77. The number of nitrogens with zero attached hydrogens (tertiary/aromatic N) is 2. The number of nitrogens with two attached hydrogens (primary N) is 1. The van der Waals surface area contributed by atoms with Crippen molar-refractivity contribution >= 4 is 17.1 Å². The number of benzene rings is 1. The summed E-state index contributed by atoms with van der Waals surface area (Å²) in [7, 11) is 0. The van der Waals surface area contributed by atoms with E-state index in [4.69, 9.17) is 5.73 Å². The molecule has 1 aliphatic rings. The van der Waals surface area contributed by atoms with Gasteiger partial charge in [0.2, 0.25) is 0 Å². The van der Waals surface area contributed by atoms with Crippen molar-refractivity contribution in [3.63, 3.8) is 0 Å². The van der Waals surface area contributed by atoms with Gasteiger partial charge < -0.3 is 10.6 Å². The van der Waals surface area contributed by atoms with Gasteiger partial charge >= 0.3 is 0 Å². The molecule has 0 bridgehead atoms. The zero-order valence-corrected chi connectivity index (χ0v) is 11.3. The van der Waals surface area contributed by atoms with E-state index in [1.165, 1.54) is 31.4 Å². The van der Waals surface area contributed by atoms with E-state index in [2.05, 4.69) is 11.8 Å². The van der Waals surface area contributed by atoms with Crippen molar-refractivity contribution in [1.82, 2.24) is 0 Å². The van der Waals surface area contributed by atoms with Crippen molar-refractivity contribution in [3.05, 3.63) is 28.3 Å². The molecule has 2 N–H and O–H groups in total. The van der Waals surface area contributed by atoms with Gasteiger partial charge in [-0.3, -0.25) is 10.1 Å². The molecule has 1 atom stereocenters. The molecule has 1 aliphatic heterocycles. The SMILES string of the molecule is CCC1CCCN(c2ccc([N+](=O)[O-])cc2N)CC1. The second-order valence-electron chi connectivity index (χ2n) is 5.19. The lowest BCUT2D eigenvalue weighted by Crippen LogP contribution is -2.25. The number of nitrogen functional groups attached to an aromatic ring is 1. The zero-order chi connectivity index (χ0) is 13.8. The highest BCUT2D eigenvalue weighted by Crippen LogP contribution is 2.30. The number of nitro benzene ring substituents is 1. The highest BCUT2D eigenvalue weighted by molar-refractivity contribution is 5.70. The first kappa shape index (κ1) is 13.6. The van der Waals surface area contributed by atoms with Gasteiger partial charge in [0.1, 0.15) is 0 Å². The fraction of sp³-hybridized carbons (Fsp3) is 0.571. The summed E-state index contributed by atoms with van der Waals surface area (Å²) in [6.45, 7) is 4.21. The molecule has 19 heavy (non-hydrogen) atoms. The summed E-state index contributed by atoms with van der Waals surface area (Å²) in [6.07, 6.45) is 4.82. The maximum atomic E-state index is 10.7. The average molecular weight is 263 g/mol. The van der Waals surface area contributed by atoms with Gasteiger partial charge in [-0.15, -0.1) is 0 Å². The molecule has 0 radical (unpaired) electrons. The third-order valence-electron chi connectivity index (χ3n) is 3.99. The molecule has 1 aromatic carbocycles. The van der Waals surface area contributed by atoms with Crippen LogP contribution < -0.4 is 10.6 Å². The Balaban J connectivity index is 2.15. The zero-order valence-electron chi connectivity index (χ0n) is 11.3. The minimum atomic E-state index is -0.407. The molecule has 5 nitrogen and oxygen atoms in total. The predicted octanol–water partition coefficient (Wildman–Crippen LogP) is 3.19. The molecule has 5 heteroatoms. The van der Waals surface area contributed by atoms with Gasteiger partial charge in [-0.05, 0) is 31.2 Å². The summed E-state index contributed by atoms with van der Waals surface area (Å²) in [5.41, 5.74) is 7.46. The lowest BCUT2D eigenvalue weighted by atomic mass is 9.98. The van der Waals surface area contributed by atoms with Crippen molar-refractivity contribution in [2.24, 2.45) is 5.92 Å². The molecule has 1 heterocycles. The number of rotatable bonds is 3. The van der Waals surface area contributed by atoms with Gasteiger partial charge in [0.05, 0.1) is 16.3 Å². The first-order valence-corrected chi connectivity index (χ1v) is 6.90. The average Bonchev–Trinajstić information content (AvgIpc) is 2.63. The van der Waals surface area contributed by atoms with Crippen molar-refractivity contribution in [1.29, 1.82) is 0 Å². The molecule has 1 fully saturated rings. The van der Waals surface area contributed by atoms with E-state index in [9.17, 15) is 10.1 Å². The molecule has 1 saturated heterocycles. The highest BCUT2D eigenvalue weighted by atomic mass is 16.6. The lowest BCUT2D eigenvalue weighted by molar-refractivity contribution is -0.384. The van der Waals surface area contributed by atoms with Crippen molar-refractivity contribution < 1.29 is 4.92 Å². The third-order valence-corrected chi connectivity index (χ3v) is 3.99. The van der Waals surface area contributed by atoms with E-state index >= 15 is 0 Å². The van der Waals surface area contributed by atoms with Crippen molar-refractivity contribution in [2.45, 2.75) is 32.6 Å². The maximum absolute atomic E-state index is 10.7. The van der Waals surface area contributed by atoms with E-state index < -0.39 is 4.92 Å². The first-order valence-electron chi connectivity index (χ1n) is 6.90. The van der Waals surface area contributed by atoms with E-state index in [1.54, 1.807) is 6.07 Å². The molecule has 0 aliphatic carbocycles. The molecule has 0 spiro atoms. The van der Waals surface area contributed by atoms with E-state index in [0.29, 0.717) is 5.69 Å². The number of anilines is 2. The van der Waals surface area contributed by atoms with Crippen molar-refractivity contribution in [3.8, 4) is 0 Å². The van der Waals surface area contributed by atoms with Gasteiger partial charge in [0, 0.05) is 25.2 Å². The summed E-state index contributed by atoms with van der Waals surface area (Å²) >= 11 is 0. The summed E-state index contributed by atoms with van der Waals surface area (Å²) in [5, 5.41) is 10.7. The highest BCUT2D eigenvalue weighted by Gasteiger charge is 2.18. The van der Waals surface area contributed by atoms with Gasteiger partial charge in [-0.2, -0.15) is 0 Å². The van der Waals surface area contributed by atoms with Gasteiger partial charge in [0.15, 0.2) is 0 Å². The third kappa shape index (κ3) is 3.16. The van der Waals surface area contributed by atoms with E-state index in [-0.39, 0.29) is 5.69 Å². The summed E-state index contributed by atoms with van der Waals surface area (Å²) in [4.78, 5) is 12.6. The molecular formula is C14H21N3O2. The van der Waals surface area contributed by atoms with Crippen LogP contribution >= 0.6 is 0 Å². The van der Waals surface area contributed by atoms with E-state index in [0.717, 1.165) is 31.1 Å². The predicted molar refractivity (Wildman–Crippen MR) is 77.4 cm³/mol. The number of nitro groups is 1. The van der Waals surface area contributed by atoms with Crippen LogP contribution in [0, 0.1) is 16.0 Å². The van der Waals surface area contributed by atoms with Crippen LogP contribution in [0.5, 0.6) is 0 Å². The fourth-order valence-corrected chi connectivity index (χ4v) is 2.76. The van der Waals surface area contributed by atoms with Crippen LogP contribution in [0.3, 0.4) is 0 Å². The molecule has 0 aromatic heterocycles. The Labute approximate surface area is 113 Å². The van der Waals surface area contributed by atoms with Crippen LogP contribution in [0.1, 0.15) is 32.6 Å². The molecule has 104 valence electrons. The minimum absolute atomic E-state index is 0.0579. The Kier molecular flexibility index (Phi) is 4.24. The number of hydrogen-bond donors (Lipinski definition) is 1. The van der Waals surface area contributed by atoms with E-state index in [1.807, 2.05) is 0 Å². The van der Waals surface area contributed by atoms with Gasteiger partial charge in [-0.25, -0.2) is 0 Å². The Morgan fingerprint density at radius 1 is 1.42 bits per heavy atom. The van der Waals surface area contributed by atoms with Crippen LogP contribution in [0.25, 0.3) is 0 Å². The smallest absolute Gasteiger partial charge is 0.271 e. The molecule has 1 unspecified atom stereocenters. The van der Waals surface area contributed by atoms with Crippen LogP contribution in [-0.2, 0) is 0 Å². The fourth-order valence-electron chi connectivity index (χ4n) is 2.76. The standard InChI is InChI=1S/C14H21N3O2/c1-2-11-4-3-8-16(9-7-11)14-6-5-12(17(18)19)10-13(14)15/h5-6,10-11H,2-4,7-9,15H2,1H3. The maximum Gasteiger partial charge on any atom is 0.271 e. The Morgan fingerprint density at radius 2 is 2.21 bits per heavy atom. The van der Waals surface area contributed by atoms with Crippen LogP contribution in [0.2, 0.25) is 0 Å². The molecule has 1 aromatic rings. The van der Waals surface area contributed by atoms with Crippen LogP contribution in [-0.4, -0.2) is 18.0 Å². The normalized spacial score (nSPS) is 20.1. The Morgan fingerprint density at radius 3 is 2.84 bits per heavy atom. The Hall–Kier alpha value is -1.78. The molecule has 2 rings (SSSR count). The lowest BCUT2D eigenvalue weighted by Gasteiger charge is -2.24. The monoisotopic (exact) mass is 263 g/mol. The first-order chi connectivity index (χ1) is 9.11. The van der Waals surface area contributed by atoms with Crippen LogP contribution in [0.15, 0.2) is 18.2 Å². The number of hydrogen-bond acceptors (Lipinski definition) is 4. The number of non-ortho nitro benzene ring substituents is 1. The summed E-state index contributed by atoms with van der Waals surface area (Å²) < 4.78 is 0. The van der Waals surface area contributed by atoms with Crippen LogP contribution in [0.4, 0.5) is 17.1 Å². The molecular weight excluding hydrogens is 242 g/mol. The molecule has 0 amide bonds.